The van der Waals surface area contributed by atoms with Gasteiger partial charge in [0.1, 0.15) is 0 Å². The van der Waals surface area contributed by atoms with Gasteiger partial charge in [-0.2, -0.15) is 0 Å². The lowest BCUT2D eigenvalue weighted by Crippen LogP contribution is -2.49. The topological polar surface area (TPSA) is 35.6 Å². The van der Waals surface area contributed by atoms with Crippen LogP contribution in [0.5, 0.6) is 0 Å². The molecule has 1 fully saturated rings. The van der Waals surface area contributed by atoms with Crippen LogP contribution < -0.4 is 5.32 Å². The van der Waals surface area contributed by atoms with Crippen LogP contribution in [0.3, 0.4) is 0 Å². The van der Waals surface area contributed by atoms with Gasteiger partial charge in [0.15, 0.2) is 17.5 Å². The lowest BCUT2D eigenvalue weighted by Gasteiger charge is -2.34. The number of anilines is 1. The summed E-state index contributed by atoms with van der Waals surface area (Å²) in [6.45, 7) is 2.79. The van der Waals surface area contributed by atoms with Gasteiger partial charge in [-0.05, 0) is 23.8 Å². The van der Waals surface area contributed by atoms with Crippen LogP contribution in [0.15, 0.2) is 36.4 Å². The monoisotopic (exact) mass is 383 g/mol. The molecule has 0 atom stereocenters. The molecule has 1 saturated heterocycles. The summed E-state index contributed by atoms with van der Waals surface area (Å²) in [6.07, 6.45) is 0. The SMILES string of the molecule is O=C(Nc1ccc(F)c(F)c1F)N1CCN(Cc2ccccc2Cl)CC1. The zero-order chi connectivity index (χ0) is 18.7. The minimum Gasteiger partial charge on any atom is -0.322 e. The molecular weight excluding hydrogens is 367 g/mol. The summed E-state index contributed by atoms with van der Waals surface area (Å²) in [7, 11) is 0. The molecular formula is C18H17ClF3N3O. The van der Waals surface area contributed by atoms with Gasteiger partial charge in [0.05, 0.1) is 5.69 Å². The van der Waals surface area contributed by atoms with Crippen molar-refractivity contribution < 1.29 is 18.0 Å². The third-order valence-corrected chi connectivity index (χ3v) is 4.66. The molecule has 0 aliphatic carbocycles. The highest BCUT2D eigenvalue weighted by molar-refractivity contribution is 6.31. The molecule has 1 aliphatic rings. The summed E-state index contributed by atoms with van der Waals surface area (Å²) < 4.78 is 39.9. The summed E-state index contributed by atoms with van der Waals surface area (Å²) in [5.41, 5.74) is 0.628. The predicted molar refractivity (Wildman–Crippen MR) is 93.6 cm³/mol. The van der Waals surface area contributed by atoms with Gasteiger partial charge in [-0.3, -0.25) is 4.90 Å². The summed E-state index contributed by atoms with van der Waals surface area (Å²) >= 11 is 6.16. The van der Waals surface area contributed by atoms with Gasteiger partial charge in [-0.25, -0.2) is 18.0 Å². The van der Waals surface area contributed by atoms with E-state index in [4.69, 9.17) is 11.6 Å². The number of benzene rings is 2. The maximum Gasteiger partial charge on any atom is 0.322 e. The van der Waals surface area contributed by atoms with Crippen LogP contribution in [0, 0.1) is 17.5 Å². The second kappa shape index (κ2) is 7.97. The average Bonchev–Trinajstić information content (AvgIpc) is 2.64. The Kier molecular flexibility index (Phi) is 5.68. The second-order valence-electron chi connectivity index (χ2n) is 6.01. The highest BCUT2D eigenvalue weighted by Gasteiger charge is 2.23. The van der Waals surface area contributed by atoms with Crippen LogP contribution in [0.2, 0.25) is 5.02 Å². The molecule has 0 unspecified atom stereocenters. The summed E-state index contributed by atoms with van der Waals surface area (Å²) in [6, 6.07) is 8.79. The summed E-state index contributed by atoms with van der Waals surface area (Å²) in [5, 5.41) is 2.98. The highest BCUT2D eigenvalue weighted by Crippen LogP contribution is 2.21. The number of piperazine rings is 1. The third kappa shape index (κ3) is 4.11. The molecule has 1 N–H and O–H groups in total. The van der Waals surface area contributed by atoms with Crippen molar-refractivity contribution in [3.63, 3.8) is 0 Å². The lowest BCUT2D eigenvalue weighted by molar-refractivity contribution is 0.143. The molecule has 0 spiro atoms. The molecule has 8 heteroatoms. The molecule has 0 bridgehead atoms. The molecule has 2 amide bonds. The number of hydrogen-bond donors (Lipinski definition) is 1. The maximum absolute atomic E-state index is 13.7. The van der Waals surface area contributed by atoms with Crippen LogP contribution in [0.25, 0.3) is 0 Å². The summed E-state index contributed by atoms with van der Waals surface area (Å²) in [4.78, 5) is 15.9. The molecule has 0 aromatic heterocycles. The van der Waals surface area contributed by atoms with Crippen LogP contribution in [0.4, 0.5) is 23.7 Å². The predicted octanol–water partition coefficient (Wildman–Crippen LogP) is 4.11. The Hall–Kier alpha value is -2.25. The Morgan fingerprint density at radius 3 is 2.38 bits per heavy atom. The smallest absolute Gasteiger partial charge is 0.322 e. The van der Waals surface area contributed by atoms with Crippen molar-refractivity contribution >= 4 is 23.3 Å². The van der Waals surface area contributed by atoms with Crippen molar-refractivity contribution in [2.75, 3.05) is 31.5 Å². The largest absolute Gasteiger partial charge is 0.322 e. The average molecular weight is 384 g/mol. The van der Waals surface area contributed by atoms with Gasteiger partial charge in [0.2, 0.25) is 0 Å². The molecule has 26 heavy (non-hydrogen) atoms. The Morgan fingerprint density at radius 2 is 1.69 bits per heavy atom. The van der Waals surface area contributed by atoms with Crippen LogP contribution in [-0.2, 0) is 6.54 Å². The first-order chi connectivity index (χ1) is 12.5. The van der Waals surface area contributed by atoms with Gasteiger partial charge in [0, 0.05) is 37.7 Å². The number of hydrogen-bond acceptors (Lipinski definition) is 2. The van der Waals surface area contributed by atoms with E-state index >= 15 is 0 Å². The quantitative estimate of drug-likeness (QED) is 0.810. The van der Waals surface area contributed by atoms with E-state index in [2.05, 4.69) is 10.2 Å². The molecule has 0 radical (unpaired) electrons. The Bertz CT molecular complexity index is 810. The molecule has 2 aromatic carbocycles. The number of carbonyl (C=O) groups is 1. The van der Waals surface area contributed by atoms with E-state index in [1.807, 2.05) is 24.3 Å². The molecule has 4 nitrogen and oxygen atoms in total. The van der Waals surface area contributed by atoms with Crippen LogP contribution >= 0.6 is 11.6 Å². The van der Waals surface area contributed by atoms with Crippen LogP contribution in [0.1, 0.15) is 5.56 Å². The van der Waals surface area contributed by atoms with Crippen LogP contribution in [-0.4, -0.2) is 42.0 Å². The van der Waals surface area contributed by atoms with Gasteiger partial charge < -0.3 is 10.2 Å². The van der Waals surface area contributed by atoms with Crippen molar-refractivity contribution in [3.8, 4) is 0 Å². The number of carbonyl (C=O) groups excluding carboxylic acids is 1. The van der Waals surface area contributed by atoms with Crippen molar-refractivity contribution in [2.45, 2.75) is 6.54 Å². The number of nitrogens with zero attached hydrogens (tertiary/aromatic N) is 2. The molecule has 3 rings (SSSR count). The fourth-order valence-corrected chi connectivity index (χ4v) is 2.99. The highest BCUT2D eigenvalue weighted by atomic mass is 35.5. The van der Waals surface area contributed by atoms with E-state index in [0.717, 1.165) is 17.7 Å². The number of rotatable bonds is 3. The Morgan fingerprint density at radius 1 is 1.00 bits per heavy atom. The molecule has 1 aliphatic heterocycles. The van der Waals surface area contributed by atoms with Crippen molar-refractivity contribution in [3.05, 3.63) is 64.4 Å². The van der Waals surface area contributed by atoms with Crippen molar-refractivity contribution in [1.82, 2.24) is 9.80 Å². The van der Waals surface area contributed by atoms with Gasteiger partial charge in [-0.15, -0.1) is 0 Å². The Labute approximate surface area is 154 Å². The van der Waals surface area contributed by atoms with Gasteiger partial charge in [-0.1, -0.05) is 29.8 Å². The van der Waals surface area contributed by atoms with Gasteiger partial charge in [0.25, 0.3) is 0 Å². The zero-order valence-corrected chi connectivity index (χ0v) is 14.6. The summed E-state index contributed by atoms with van der Waals surface area (Å²) in [5.74, 6) is -4.31. The van der Waals surface area contributed by atoms with E-state index < -0.39 is 23.5 Å². The van der Waals surface area contributed by atoms with Crippen molar-refractivity contribution in [2.24, 2.45) is 0 Å². The Balaban J connectivity index is 1.55. The number of nitrogens with one attached hydrogen (secondary N) is 1. The first-order valence-corrected chi connectivity index (χ1v) is 8.48. The van der Waals surface area contributed by atoms with Crippen molar-refractivity contribution in [1.29, 1.82) is 0 Å². The fraction of sp³-hybridized carbons (Fsp3) is 0.278. The van der Waals surface area contributed by atoms with E-state index in [1.165, 1.54) is 4.90 Å². The molecule has 0 saturated carbocycles. The number of urea groups is 1. The molecule has 138 valence electrons. The first-order valence-electron chi connectivity index (χ1n) is 8.11. The number of amides is 2. The second-order valence-corrected chi connectivity index (χ2v) is 6.41. The third-order valence-electron chi connectivity index (χ3n) is 4.29. The lowest BCUT2D eigenvalue weighted by atomic mass is 10.2. The fourth-order valence-electron chi connectivity index (χ4n) is 2.79. The standard InChI is InChI=1S/C18H17ClF3N3O/c19-13-4-2-1-3-12(13)11-24-7-9-25(10-8-24)18(26)23-15-6-5-14(20)16(21)17(15)22/h1-6H,7-11H2,(H,23,26). The minimum atomic E-state index is -1.60. The van der Waals surface area contributed by atoms with Gasteiger partial charge >= 0.3 is 6.03 Å². The van der Waals surface area contributed by atoms with E-state index in [9.17, 15) is 18.0 Å². The van der Waals surface area contributed by atoms with E-state index in [-0.39, 0.29) is 5.69 Å². The minimum absolute atomic E-state index is 0.382. The maximum atomic E-state index is 13.7. The van der Waals surface area contributed by atoms with E-state index in [0.29, 0.717) is 37.7 Å². The molecule has 2 aromatic rings. The zero-order valence-electron chi connectivity index (χ0n) is 13.8. The first kappa shape index (κ1) is 18.5. The normalized spacial score (nSPS) is 15.2. The molecule has 1 heterocycles. The van der Waals surface area contributed by atoms with E-state index in [1.54, 1.807) is 0 Å². The number of halogens is 4.